The molecule has 0 fully saturated rings. The highest BCUT2D eigenvalue weighted by Gasteiger charge is 2.17. The van der Waals surface area contributed by atoms with Crippen LogP contribution in [0, 0.1) is 0 Å². The van der Waals surface area contributed by atoms with Crippen LogP contribution in [0.3, 0.4) is 0 Å². The molecule has 5 nitrogen and oxygen atoms in total. The van der Waals surface area contributed by atoms with E-state index in [0.717, 1.165) is 15.0 Å². The summed E-state index contributed by atoms with van der Waals surface area (Å²) in [5.74, 6) is -0.304. The summed E-state index contributed by atoms with van der Waals surface area (Å²) in [6.45, 7) is 2.22. The average Bonchev–Trinajstić information content (AvgIpc) is 2.85. The van der Waals surface area contributed by atoms with Crippen LogP contribution >= 0.6 is 21.6 Å². The van der Waals surface area contributed by atoms with E-state index in [2.05, 4.69) is 10.6 Å². The molecule has 0 saturated carbocycles. The van der Waals surface area contributed by atoms with Gasteiger partial charge in [0.05, 0.1) is 0 Å². The van der Waals surface area contributed by atoms with Gasteiger partial charge in [0.2, 0.25) is 5.91 Å². The predicted molar refractivity (Wildman–Crippen MR) is 93.2 cm³/mol. The summed E-state index contributed by atoms with van der Waals surface area (Å²) in [5.41, 5.74) is 0.554. The van der Waals surface area contributed by atoms with Crippen molar-refractivity contribution in [1.82, 2.24) is 10.6 Å². The van der Waals surface area contributed by atoms with Crippen molar-refractivity contribution in [2.45, 2.75) is 11.8 Å². The van der Waals surface area contributed by atoms with Crippen LogP contribution in [0.2, 0.25) is 0 Å². The van der Waals surface area contributed by atoms with Gasteiger partial charge in [0.25, 0.3) is 5.91 Å². The molecule has 0 aliphatic rings. The van der Waals surface area contributed by atoms with Gasteiger partial charge in [-0.15, -0.1) is 21.6 Å². The Balaban J connectivity index is 2.14. The number of amides is 2. The van der Waals surface area contributed by atoms with E-state index in [1.54, 1.807) is 17.4 Å². The molecule has 1 aromatic carbocycles. The molecule has 0 saturated heterocycles. The van der Waals surface area contributed by atoms with Gasteiger partial charge in [0.1, 0.15) is 0 Å². The fraction of sp³-hybridized carbons (Fsp3) is 0.333. The van der Waals surface area contributed by atoms with Crippen molar-refractivity contribution in [3.8, 4) is 0 Å². The normalized spacial score (nSPS) is 12.2. The van der Waals surface area contributed by atoms with Gasteiger partial charge < -0.3 is 15.2 Å². The van der Waals surface area contributed by atoms with Crippen LogP contribution in [0.25, 0.3) is 10.1 Å². The molecule has 0 radical (unpaired) electrons. The van der Waals surface area contributed by atoms with Crippen molar-refractivity contribution < 1.29 is 14.1 Å². The number of benzene rings is 1. The number of hydrogen-bond acceptors (Lipinski definition) is 4. The summed E-state index contributed by atoms with van der Waals surface area (Å²) < 4.78 is 11.3. The number of fused-ring (bicyclic) bond motifs is 1. The summed E-state index contributed by atoms with van der Waals surface area (Å²) >= 11 is 1.57. The summed E-state index contributed by atoms with van der Waals surface area (Å²) in [6, 6.07) is 5.49. The molecule has 2 aromatic rings. The molecule has 0 bridgehead atoms. The molecule has 1 aromatic heterocycles. The van der Waals surface area contributed by atoms with E-state index in [0.29, 0.717) is 18.7 Å². The molecule has 7 heteroatoms. The molecule has 2 amide bonds. The van der Waals surface area contributed by atoms with Crippen LogP contribution in [-0.4, -0.2) is 42.0 Å². The van der Waals surface area contributed by atoms with Crippen LogP contribution in [-0.2, 0) is 4.79 Å². The van der Waals surface area contributed by atoms with Crippen molar-refractivity contribution in [2.75, 3.05) is 25.6 Å². The maximum atomic E-state index is 12.1. The molecule has 0 atom stereocenters. The fourth-order valence-corrected chi connectivity index (χ4v) is 4.71. The van der Waals surface area contributed by atoms with Gasteiger partial charge in [0, 0.05) is 45.9 Å². The molecule has 0 spiro atoms. The molecule has 0 unspecified atom stereocenters. The first-order valence-corrected chi connectivity index (χ1v) is 10.1. The Hall–Kier alpha value is -1.57. The van der Waals surface area contributed by atoms with Gasteiger partial charge in [-0.3, -0.25) is 9.59 Å². The number of carbonyl (C=O) groups excluding carboxylic acids is 2. The minimum Gasteiger partial charge on any atom is -0.355 e. The summed E-state index contributed by atoms with van der Waals surface area (Å²) in [6.07, 6.45) is 3.63. The predicted octanol–water partition coefficient (Wildman–Crippen LogP) is 2.66. The average molecular weight is 340 g/mol. The van der Waals surface area contributed by atoms with Gasteiger partial charge in [-0.2, -0.15) is 0 Å². The molecule has 2 rings (SSSR count). The minimum atomic E-state index is -1.83. The first kappa shape index (κ1) is 16.8. The largest absolute Gasteiger partial charge is 0.355 e. The Kier molecular flexibility index (Phi) is 5.10. The van der Waals surface area contributed by atoms with E-state index < -0.39 is 10.3 Å². The zero-order chi connectivity index (χ0) is 16.3. The first-order valence-electron chi connectivity index (χ1n) is 6.79. The number of rotatable bonds is 5. The molecule has 0 aliphatic heterocycles. The summed E-state index contributed by atoms with van der Waals surface area (Å²) in [5, 5.41) is 8.28. The van der Waals surface area contributed by atoms with Crippen LogP contribution in [0.4, 0.5) is 0 Å². The highest BCUT2D eigenvalue weighted by atomic mass is 32.3. The van der Waals surface area contributed by atoms with Crippen LogP contribution < -0.4 is 10.6 Å². The number of thiophene rings is 1. The zero-order valence-electron chi connectivity index (χ0n) is 12.8. The third-order valence-electron chi connectivity index (χ3n) is 3.12. The third-order valence-corrected chi connectivity index (χ3v) is 5.65. The molecular weight excluding hydrogens is 320 g/mol. The molecule has 120 valence electrons. The Bertz CT molecular complexity index is 704. The second kappa shape index (κ2) is 6.68. The minimum absolute atomic E-state index is 0.119. The van der Waals surface area contributed by atoms with Crippen molar-refractivity contribution in [3.63, 3.8) is 0 Å². The standard InChI is InChI=1S/C15H20N2O3S2/c1-10(18)16-6-7-17-15(19)11-4-5-13-12(8-11)14(9-21-13)22(2,3)20/h4-5,8-9,20H,6-7H2,1-3H3,(H,16,18)(H,17,19). The monoisotopic (exact) mass is 340 g/mol. The lowest BCUT2D eigenvalue weighted by Crippen LogP contribution is -2.33. The van der Waals surface area contributed by atoms with Crippen LogP contribution in [0.5, 0.6) is 0 Å². The SMILES string of the molecule is CC(=O)NCCNC(=O)c1ccc2scc(S(C)(C)O)c2c1. The van der Waals surface area contributed by atoms with Crippen molar-refractivity contribution in [2.24, 2.45) is 0 Å². The van der Waals surface area contributed by atoms with E-state index >= 15 is 0 Å². The molecule has 3 N–H and O–H groups in total. The zero-order valence-corrected chi connectivity index (χ0v) is 14.4. The number of carbonyl (C=O) groups is 2. The molecule has 22 heavy (non-hydrogen) atoms. The lowest BCUT2D eigenvalue weighted by Gasteiger charge is -2.22. The Morgan fingerprint density at radius 2 is 1.91 bits per heavy atom. The van der Waals surface area contributed by atoms with E-state index in [1.165, 1.54) is 6.92 Å². The van der Waals surface area contributed by atoms with Gasteiger partial charge >= 0.3 is 0 Å². The van der Waals surface area contributed by atoms with Gasteiger partial charge in [-0.25, -0.2) is 0 Å². The Morgan fingerprint density at radius 3 is 2.55 bits per heavy atom. The van der Waals surface area contributed by atoms with Crippen molar-refractivity contribution in [3.05, 3.63) is 29.1 Å². The van der Waals surface area contributed by atoms with Crippen LogP contribution in [0.1, 0.15) is 17.3 Å². The van der Waals surface area contributed by atoms with E-state index in [4.69, 9.17) is 0 Å². The summed E-state index contributed by atoms with van der Waals surface area (Å²) in [4.78, 5) is 23.8. The molecular formula is C15H20N2O3S2. The second-order valence-electron chi connectivity index (χ2n) is 5.32. The quantitative estimate of drug-likeness (QED) is 0.732. The lowest BCUT2D eigenvalue weighted by atomic mass is 10.1. The molecule has 1 heterocycles. The summed E-state index contributed by atoms with van der Waals surface area (Å²) in [7, 11) is -1.83. The maximum absolute atomic E-state index is 12.1. The van der Waals surface area contributed by atoms with E-state index in [1.807, 2.05) is 30.0 Å². The first-order chi connectivity index (χ1) is 10.3. The van der Waals surface area contributed by atoms with Gasteiger partial charge in [0.15, 0.2) is 0 Å². The Labute approximate surface area is 135 Å². The van der Waals surface area contributed by atoms with E-state index in [9.17, 15) is 14.1 Å². The second-order valence-corrected chi connectivity index (χ2v) is 9.22. The van der Waals surface area contributed by atoms with Crippen molar-refractivity contribution in [1.29, 1.82) is 0 Å². The topological polar surface area (TPSA) is 78.4 Å². The van der Waals surface area contributed by atoms with Crippen molar-refractivity contribution >= 4 is 43.5 Å². The van der Waals surface area contributed by atoms with Gasteiger partial charge in [-0.1, -0.05) is 0 Å². The number of hydrogen-bond donors (Lipinski definition) is 3. The van der Waals surface area contributed by atoms with Gasteiger partial charge in [-0.05, 0) is 30.7 Å². The smallest absolute Gasteiger partial charge is 0.251 e. The highest BCUT2D eigenvalue weighted by Crippen LogP contribution is 2.50. The Morgan fingerprint density at radius 1 is 1.23 bits per heavy atom. The maximum Gasteiger partial charge on any atom is 0.251 e. The number of nitrogens with one attached hydrogen (secondary N) is 2. The third kappa shape index (κ3) is 4.00. The lowest BCUT2D eigenvalue weighted by molar-refractivity contribution is -0.118. The van der Waals surface area contributed by atoms with E-state index in [-0.39, 0.29) is 11.8 Å². The highest BCUT2D eigenvalue weighted by molar-refractivity contribution is 8.28. The van der Waals surface area contributed by atoms with Crippen LogP contribution in [0.15, 0.2) is 28.5 Å². The molecule has 0 aliphatic carbocycles. The fourth-order valence-electron chi connectivity index (χ4n) is 2.05.